The highest BCUT2D eigenvalue weighted by Gasteiger charge is 2.14. The highest BCUT2D eigenvalue weighted by Crippen LogP contribution is 2.25. The van der Waals surface area contributed by atoms with Crippen molar-refractivity contribution in [2.75, 3.05) is 10.6 Å². The van der Waals surface area contributed by atoms with E-state index < -0.39 is 0 Å². The summed E-state index contributed by atoms with van der Waals surface area (Å²) in [6.45, 7) is 10.7. The second-order valence-electron chi connectivity index (χ2n) is 7.06. The first-order valence-electron chi connectivity index (χ1n) is 8.64. The number of hydrogen-bond acceptors (Lipinski definition) is 1. The van der Waals surface area contributed by atoms with E-state index in [4.69, 9.17) is 0 Å². The van der Waals surface area contributed by atoms with Gasteiger partial charge in [0.05, 0.1) is 0 Å². The highest BCUT2D eigenvalue weighted by molar-refractivity contribution is 6.00. The largest absolute Gasteiger partial charge is 0.323 e. The van der Waals surface area contributed by atoms with Gasteiger partial charge >= 0.3 is 6.03 Å². The second kappa shape index (κ2) is 7.52. The number of carbonyl (C=O) groups is 1. The van der Waals surface area contributed by atoms with Crippen LogP contribution in [0.5, 0.6) is 0 Å². The minimum Gasteiger partial charge on any atom is -0.308 e. The van der Waals surface area contributed by atoms with Crippen molar-refractivity contribution in [2.24, 2.45) is 0 Å². The summed E-state index contributed by atoms with van der Waals surface area (Å²) in [5, 5.41) is 5.95. The van der Waals surface area contributed by atoms with Gasteiger partial charge in [0.15, 0.2) is 0 Å². The minimum atomic E-state index is -0.200. The Morgan fingerprint density at radius 2 is 1.42 bits per heavy atom. The Kier molecular flexibility index (Phi) is 5.66. The Morgan fingerprint density at radius 1 is 0.875 bits per heavy atom. The first-order valence-corrected chi connectivity index (χ1v) is 8.64. The maximum atomic E-state index is 12.4. The molecule has 2 amide bonds. The van der Waals surface area contributed by atoms with Crippen molar-refractivity contribution in [3.63, 3.8) is 0 Å². The van der Waals surface area contributed by atoms with Gasteiger partial charge in [-0.25, -0.2) is 4.79 Å². The van der Waals surface area contributed by atoms with Gasteiger partial charge in [-0.1, -0.05) is 65.0 Å². The maximum absolute atomic E-state index is 12.4. The average Bonchev–Trinajstić information content (AvgIpc) is 2.54. The quantitative estimate of drug-likeness (QED) is 0.738. The minimum absolute atomic E-state index is 0.108. The van der Waals surface area contributed by atoms with Crippen LogP contribution in [0, 0.1) is 0 Å². The predicted octanol–water partition coefficient (Wildman–Crippen LogP) is 5.75. The topological polar surface area (TPSA) is 41.1 Å². The van der Waals surface area contributed by atoms with Gasteiger partial charge in [-0.05, 0) is 47.1 Å². The Hall–Kier alpha value is -2.29. The molecule has 2 aromatic carbocycles. The molecule has 128 valence electrons. The van der Waals surface area contributed by atoms with Crippen LogP contribution in [0.1, 0.15) is 51.3 Å². The molecule has 3 heteroatoms. The van der Waals surface area contributed by atoms with Gasteiger partial charge in [-0.15, -0.1) is 0 Å². The molecule has 0 fully saturated rings. The Morgan fingerprint density at radius 3 is 1.88 bits per heavy atom. The molecule has 2 N–H and O–H groups in total. The fourth-order valence-electron chi connectivity index (χ4n) is 2.73. The lowest BCUT2D eigenvalue weighted by Crippen LogP contribution is -2.21. The number of anilines is 2. The molecule has 0 saturated heterocycles. The molecular weight excluding hydrogens is 296 g/mol. The molecule has 3 nitrogen and oxygen atoms in total. The van der Waals surface area contributed by atoms with Crippen molar-refractivity contribution in [3.8, 4) is 0 Å². The first-order chi connectivity index (χ1) is 11.3. The zero-order chi connectivity index (χ0) is 17.7. The number of aryl methyl sites for hydroxylation is 2. The van der Waals surface area contributed by atoms with Gasteiger partial charge < -0.3 is 10.6 Å². The summed E-state index contributed by atoms with van der Waals surface area (Å²) in [4.78, 5) is 12.4. The summed E-state index contributed by atoms with van der Waals surface area (Å²) in [5.41, 5.74) is 5.41. The summed E-state index contributed by atoms with van der Waals surface area (Å²) < 4.78 is 0. The summed E-state index contributed by atoms with van der Waals surface area (Å²) in [5.74, 6) is 0. The van der Waals surface area contributed by atoms with Crippen LogP contribution >= 0.6 is 0 Å². The predicted molar refractivity (Wildman–Crippen MR) is 103 cm³/mol. The highest BCUT2D eigenvalue weighted by atomic mass is 16.2. The van der Waals surface area contributed by atoms with Gasteiger partial charge in [0.1, 0.15) is 0 Å². The fourth-order valence-corrected chi connectivity index (χ4v) is 2.73. The number of hydrogen-bond donors (Lipinski definition) is 2. The Bertz CT molecular complexity index is 675. The van der Waals surface area contributed by atoms with E-state index in [1.54, 1.807) is 0 Å². The van der Waals surface area contributed by atoms with E-state index in [0.717, 1.165) is 35.3 Å². The molecule has 24 heavy (non-hydrogen) atoms. The molecule has 0 unspecified atom stereocenters. The molecule has 0 aliphatic rings. The van der Waals surface area contributed by atoms with Crippen molar-refractivity contribution in [1.82, 2.24) is 0 Å². The van der Waals surface area contributed by atoms with Crippen molar-refractivity contribution in [1.29, 1.82) is 0 Å². The van der Waals surface area contributed by atoms with Crippen LogP contribution < -0.4 is 10.6 Å². The van der Waals surface area contributed by atoms with Crippen LogP contribution in [0.4, 0.5) is 16.2 Å². The van der Waals surface area contributed by atoms with Crippen LogP contribution in [0.3, 0.4) is 0 Å². The van der Waals surface area contributed by atoms with Crippen LogP contribution in [-0.4, -0.2) is 6.03 Å². The molecule has 0 atom stereocenters. The molecule has 0 heterocycles. The first kappa shape index (κ1) is 18.1. The summed E-state index contributed by atoms with van der Waals surface area (Å²) >= 11 is 0. The summed E-state index contributed by atoms with van der Waals surface area (Å²) in [7, 11) is 0. The fraction of sp³-hybridized carbons (Fsp3) is 0.381. The number of amides is 2. The summed E-state index contributed by atoms with van der Waals surface area (Å²) in [6.07, 6.45) is 1.79. The maximum Gasteiger partial charge on any atom is 0.323 e. The molecule has 0 saturated carbocycles. The van der Waals surface area contributed by atoms with Gasteiger partial charge in [0.2, 0.25) is 0 Å². The van der Waals surface area contributed by atoms with Gasteiger partial charge in [-0.2, -0.15) is 0 Å². The van der Waals surface area contributed by atoms with Crippen molar-refractivity contribution in [2.45, 2.75) is 52.9 Å². The molecule has 0 aliphatic heterocycles. The van der Waals surface area contributed by atoms with E-state index in [2.05, 4.69) is 69.5 Å². The van der Waals surface area contributed by atoms with E-state index in [1.165, 1.54) is 5.56 Å². The molecular formula is C21H28N2O. The smallest absolute Gasteiger partial charge is 0.308 e. The zero-order valence-corrected chi connectivity index (χ0v) is 15.4. The molecule has 0 aromatic heterocycles. The zero-order valence-electron chi connectivity index (χ0n) is 15.4. The third-order valence-corrected chi connectivity index (χ3v) is 4.25. The van der Waals surface area contributed by atoms with Gasteiger partial charge in [-0.3, -0.25) is 0 Å². The standard InChI is InChI=1S/C21H28N2O/c1-6-15-9-8-10-16(7-2)19(15)23-20(24)22-18-13-11-17(12-14-18)21(3,4)5/h8-14H,6-7H2,1-5H3,(H2,22,23,24). The monoisotopic (exact) mass is 324 g/mol. The lowest BCUT2D eigenvalue weighted by molar-refractivity contribution is 0.262. The number of rotatable bonds is 4. The number of carbonyl (C=O) groups excluding carboxylic acids is 1. The molecule has 0 spiro atoms. The summed E-state index contributed by atoms with van der Waals surface area (Å²) in [6, 6.07) is 14.0. The van der Waals surface area contributed by atoms with Crippen LogP contribution in [0.2, 0.25) is 0 Å². The van der Waals surface area contributed by atoms with E-state index in [-0.39, 0.29) is 11.4 Å². The van der Waals surface area contributed by atoms with Gasteiger partial charge in [0.25, 0.3) is 0 Å². The van der Waals surface area contributed by atoms with E-state index in [9.17, 15) is 4.79 Å². The molecule has 0 radical (unpaired) electrons. The van der Waals surface area contributed by atoms with E-state index >= 15 is 0 Å². The third kappa shape index (κ3) is 4.38. The Labute approximate surface area is 145 Å². The number of urea groups is 1. The lowest BCUT2D eigenvalue weighted by atomic mass is 9.87. The van der Waals surface area contributed by atoms with E-state index in [1.807, 2.05) is 18.2 Å². The van der Waals surface area contributed by atoms with Crippen molar-refractivity contribution in [3.05, 3.63) is 59.2 Å². The number of nitrogens with one attached hydrogen (secondary N) is 2. The lowest BCUT2D eigenvalue weighted by Gasteiger charge is -2.19. The normalized spacial score (nSPS) is 11.2. The van der Waals surface area contributed by atoms with Crippen molar-refractivity contribution < 1.29 is 4.79 Å². The average molecular weight is 324 g/mol. The Balaban J connectivity index is 2.12. The van der Waals surface area contributed by atoms with Gasteiger partial charge in [0, 0.05) is 11.4 Å². The number of benzene rings is 2. The van der Waals surface area contributed by atoms with E-state index in [0.29, 0.717) is 0 Å². The molecule has 0 bridgehead atoms. The van der Waals surface area contributed by atoms with Crippen LogP contribution in [0.15, 0.2) is 42.5 Å². The molecule has 2 aromatic rings. The number of para-hydroxylation sites is 1. The third-order valence-electron chi connectivity index (χ3n) is 4.25. The molecule has 2 rings (SSSR count). The second-order valence-corrected chi connectivity index (χ2v) is 7.06. The SMILES string of the molecule is CCc1cccc(CC)c1NC(=O)Nc1ccc(C(C)(C)C)cc1. The molecule has 0 aliphatic carbocycles. The van der Waals surface area contributed by atoms with Crippen LogP contribution in [0.25, 0.3) is 0 Å². The van der Waals surface area contributed by atoms with Crippen LogP contribution in [-0.2, 0) is 18.3 Å². The van der Waals surface area contributed by atoms with Crippen molar-refractivity contribution >= 4 is 17.4 Å².